The van der Waals surface area contributed by atoms with Crippen LogP contribution in [0.4, 0.5) is 0 Å². The molecule has 0 aliphatic heterocycles. The van der Waals surface area contributed by atoms with Gasteiger partial charge in [0.05, 0.1) is 19.6 Å². The van der Waals surface area contributed by atoms with Crippen molar-refractivity contribution in [2.24, 2.45) is 0 Å². The van der Waals surface area contributed by atoms with E-state index in [0.717, 1.165) is 15.1 Å². The third kappa shape index (κ3) is 3.25. The predicted octanol–water partition coefficient (Wildman–Crippen LogP) is 3.59. The van der Waals surface area contributed by atoms with Crippen molar-refractivity contribution in [1.29, 1.82) is 0 Å². The first-order chi connectivity index (χ1) is 13.6. The van der Waals surface area contributed by atoms with E-state index in [-0.39, 0.29) is 5.56 Å². The molecule has 4 rings (SSSR count). The lowest BCUT2D eigenvalue weighted by atomic mass is 10.2. The van der Waals surface area contributed by atoms with E-state index in [0.29, 0.717) is 27.3 Å². The second-order valence-electron chi connectivity index (χ2n) is 5.77. The zero-order valence-electron chi connectivity index (χ0n) is 15.0. The first-order valence-electron chi connectivity index (χ1n) is 8.18. The van der Waals surface area contributed by atoms with Crippen LogP contribution in [0.15, 0.2) is 52.2 Å². The molecule has 0 fully saturated rings. The molecule has 3 heterocycles. The maximum Gasteiger partial charge on any atom is 0.281 e. The fourth-order valence-corrected chi connectivity index (χ4v) is 4.46. The quantitative estimate of drug-likeness (QED) is 0.541. The van der Waals surface area contributed by atoms with Crippen molar-refractivity contribution in [3.05, 3.63) is 63.3 Å². The van der Waals surface area contributed by atoms with Crippen molar-refractivity contribution >= 4 is 38.8 Å². The molecule has 0 aliphatic carbocycles. The van der Waals surface area contributed by atoms with E-state index >= 15 is 0 Å². The van der Waals surface area contributed by atoms with Gasteiger partial charge in [0.15, 0.2) is 0 Å². The highest BCUT2D eigenvalue weighted by Gasteiger charge is 2.16. The van der Waals surface area contributed by atoms with Crippen molar-refractivity contribution in [2.45, 2.75) is 0 Å². The number of amides is 1. The summed E-state index contributed by atoms with van der Waals surface area (Å²) in [5.74, 6) is 0.472. The number of hydrogen-bond acceptors (Lipinski definition) is 7. The molecule has 9 heteroatoms. The summed E-state index contributed by atoms with van der Waals surface area (Å²) in [6, 6.07) is 8.67. The summed E-state index contributed by atoms with van der Waals surface area (Å²) in [5, 5.41) is 4.34. The summed E-state index contributed by atoms with van der Waals surface area (Å²) in [5.41, 5.74) is 3.36. The second kappa shape index (κ2) is 7.45. The molecule has 0 unspecified atom stereocenters. The smallest absolute Gasteiger partial charge is 0.281 e. The summed E-state index contributed by atoms with van der Waals surface area (Å²) in [4.78, 5) is 31.6. The van der Waals surface area contributed by atoms with E-state index < -0.39 is 5.91 Å². The maximum absolute atomic E-state index is 13.0. The van der Waals surface area contributed by atoms with Crippen LogP contribution >= 0.6 is 22.7 Å². The number of hydrogen-bond donors (Lipinski definition) is 1. The Morgan fingerprint density at radius 2 is 1.89 bits per heavy atom. The third-order valence-electron chi connectivity index (χ3n) is 4.12. The van der Waals surface area contributed by atoms with Crippen LogP contribution in [0.1, 0.15) is 10.4 Å². The number of rotatable bonds is 5. The molecular weight excluding hydrogens is 398 g/mol. The summed E-state index contributed by atoms with van der Waals surface area (Å²) < 4.78 is 11.5. The Kier molecular flexibility index (Phi) is 4.84. The van der Waals surface area contributed by atoms with Crippen LogP contribution in [0.3, 0.4) is 0 Å². The number of carbonyl (C=O) groups excluding carboxylic acids is 1. The summed E-state index contributed by atoms with van der Waals surface area (Å²) in [6.45, 7) is 0. The van der Waals surface area contributed by atoms with Crippen molar-refractivity contribution in [2.75, 3.05) is 19.6 Å². The molecule has 1 N–H and O–H groups in total. The number of nitrogens with one attached hydrogen (secondary N) is 1. The molecule has 0 radical (unpaired) electrons. The van der Waals surface area contributed by atoms with Gasteiger partial charge < -0.3 is 9.47 Å². The van der Waals surface area contributed by atoms with Crippen LogP contribution in [0.25, 0.3) is 20.7 Å². The Hall–Kier alpha value is -3.17. The summed E-state index contributed by atoms with van der Waals surface area (Å²) in [7, 11) is 3.00. The highest BCUT2D eigenvalue weighted by atomic mass is 32.1. The Labute approximate surface area is 167 Å². The molecule has 3 aromatic heterocycles. The standard InChI is InChI=1S/C19H15N3O4S2/c1-25-12-6-11(7-13(8-12)26-2)17(23)21-22-10-20-18-16(19(22)24)14(9-28-18)15-4-3-5-27-15/h3-10H,1-2H3,(H,21,23). The van der Waals surface area contributed by atoms with E-state index in [2.05, 4.69) is 10.4 Å². The first kappa shape index (κ1) is 18.2. The normalized spacial score (nSPS) is 10.8. The van der Waals surface area contributed by atoms with E-state index in [9.17, 15) is 9.59 Å². The molecule has 0 saturated carbocycles. The number of carbonyl (C=O) groups is 1. The van der Waals surface area contributed by atoms with Gasteiger partial charge >= 0.3 is 0 Å². The second-order valence-corrected chi connectivity index (χ2v) is 7.57. The van der Waals surface area contributed by atoms with Crippen LogP contribution in [0.5, 0.6) is 11.5 Å². The minimum atomic E-state index is -0.478. The number of aromatic nitrogens is 2. The highest BCUT2D eigenvalue weighted by molar-refractivity contribution is 7.18. The summed E-state index contributed by atoms with van der Waals surface area (Å²) in [6.07, 6.45) is 1.31. The van der Waals surface area contributed by atoms with Gasteiger partial charge in [-0.25, -0.2) is 9.66 Å². The molecule has 142 valence electrons. The monoisotopic (exact) mass is 413 g/mol. The Balaban J connectivity index is 1.72. The SMILES string of the molecule is COc1cc(OC)cc(C(=O)Nn2cnc3scc(-c4cccs4)c3c2=O)c1. The number of methoxy groups -OCH3 is 2. The fraction of sp³-hybridized carbons (Fsp3) is 0.105. The van der Waals surface area contributed by atoms with Gasteiger partial charge in [-0.15, -0.1) is 22.7 Å². The van der Waals surface area contributed by atoms with Crippen LogP contribution in [-0.2, 0) is 0 Å². The molecule has 7 nitrogen and oxygen atoms in total. The molecule has 0 atom stereocenters. The average Bonchev–Trinajstić information content (AvgIpc) is 3.39. The van der Waals surface area contributed by atoms with Gasteiger partial charge in [-0.05, 0) is 23.6 Å². The van der Waals surface area contributed by atoms with Crippen LogP contribution < -0.4 is 20.5 Å². The third-order valence-corrected chi connectivity index (χ3v) is 5.91. The minimum Gasteiger partial charge on any atom is -0.497 e. The van der Waals surface area contributed by atoms with Gasteiger partial charge in [0.1, 0.15) is 22.7 Å². The molecule has 0 spiro atoms. The van der Waals surface area contributed by atoms with Crippen LogP contribution in [-0.4, -0.2) is 29.8 Å². The largest absolute Gasteiger partial charge is 0.497 e. The van der Waals surface area contributed by atoms with Crippen LogP contribution in [0, 0.1) is 0 Å². The van der Waals surface area contributed by atoms with Crippen molar-refractivity contribution in [1.82, 2.24) is 9.66 Å². The lowest BCUT2D eigenvalue weighted by Crippen LogP contribution is -2.33. The number of thiophene rings is 2. The first-order valence-corrected chi connectivity index (χ1v) is 9.94. The number of benzene rings is 1. The number of fused-ring (bicyclic) bond motifs is 1. The van der Waals surface area contributed by atoms with E-state index in [4.69, 9.17) is 9.47 Å². The highest BCUT2D eigenvalue weighted by Crippen LogP contribution is 2.33. The lowest BCUT2D eigenvalue weighted by molar-refractivity contribution is 0.101. The van der Waals surface area contributed by atoms with Gasteiger partial charge in [0, 0.05) is 27.5 Å². The summed E-state index contributed by atoms with van der Waals surface area (Å²) >= 11 is 2.94. The molecule has 1 amide bonds. The van der Waals surface area contributed by atoms with Gasteiger partial charge in [-0.2, -0.15) is 0 Å². The molecule has 0 saturated heterocycles. The number of ether oxygens (including phenoxy) is 2. The van der Waals surface area contributed by atoms with Crippen molar-refractivity contribution < 1.29 is 14.3 Å². The zero-order chi connectivity index (χ0) is 19.7. The van der Waals surface area contributed by atoms with Crippen LogP contribution in [0.2, 0.25) is 0 Å². The fourth-order valence-electron chi connectivity index (χ4n) is 2.74. The predicted molar refractivity (Wildman–Crippen MR) is 110 cm³/mol. The lowest BCUT2D eigenvalue weighted by Gasteiger charge is -2.10. The van der Waals surface area contributed by atoms with Gasteiger partial charge in [0.25, 0.3) is 11.5 Å². The van der Waals surface area contributed by atoms with Crippen molar-refractivity contribution in [3.8, 4) is 21.9 Å². The van der Waals surface area contributed by atoms with E-state index in [1.54, 1.807) is 29.5 Å². The van der Waals surface area contributed by atoms with Gasteiger partial charge in [-0.1, -0.05) is 6.07 Å². The molecular formula is C19H15N3O4S2. The Morgan fingerprint density at radius 3 is 2.54 bits per heavy atom. The van der Waals surface area contributed by atoms with E-state index in [1.165, 1.54) is 31.9 Å². The molecule has 0 bridgehead atoms. The molecule has 0 aliphatic rings. The van der Waals surface area contributed by atoms with Gasteiger partial charge in [-0.3, -0.25) is 15.0 Å². The number of nitrogens with zero attached hydrogens (tertiary/aromatic N) is 2. The molecule has 28 heavy (non-hydrogen) atoms. The van der Waals surface area contributed by atoms with Crippen molar-refractivity contribution in [3.63, 3.8) is 0 Å². The Morgan fingerprint density at radius 1 is 1.14 bits per heavy atom. The zero-order valence-corrected chi connectivity index (χ0v) is 16.6. The minimum absolute atomic E-state index is 0.298. The molecule has 1 aromatic carbocycles. The van der Waals surface area contributed by atoms with Gasteiger partial charge in [0.2, 0.25) is 0 Å². The average molecular weight is 413 g/mol. The maximum atomic E-state index is 13.0. The Bertz CT molecular complexity index is 1190. The van der Waals surface area contributed by atoms with E-state index in [1.807, 2.05) is 22.9 Å². The topological polar surface area (TPSA) is 82.4 Å². The molecule has 4 aromatic rings.